The Labute approximate surface area is 127 Å². The quantitative estimate of drug-likeness (QED) is 0.820. The van der Waals surface area contributed by atoms with Crippen LogP contribution in [0.4, 0.5) is 0 Å². The largest absolute Gasteiger partial charge is 0.439 e. The molecule has 0 saturated heterocycles. The molecule has 0 spiro atoms. The van der Waals surface area contributed by atoms with Crippen LogP contribution >= 0.6 is 11.6 Å². The molecular formula is C14H16ClN3O3. The Balaban J connectivity index is 2.01. The van der Waals surface area contributed by atoms with Gasteiger partial charge in [0, 0.05) is 18.7 Å². The lowest BCUT2D eigenvalue weighted by molar-refractivity contribution is -0.133. The maximum atomic E-state index is 11.8. The number of halogens is 1. The van der Waals surface area contributed by atoms with Crippen LogP contribution in [0.1, 0.15) is 13.8 Å². The summed E-state index contributed by atoms with van der Waals surface area (Å²) in [5, 5.41) is 4.31. The van der Waals surface area contributed by atoms with E-state index >= 15 is 0 Å². The van der Waals surface area contributed by atoms with Gasteiger partial charge < -0.3 is 9.64 Å². The predicted molar refractivity (Wildman–Crippen MR) is 78.2 cm³/mol. The lowest BCUT2D eigenvalue weighted by Crippen LogP contribution is -2.34. The van der Waals surface area contributed by atoms with Crippen molar-refractivity contribution in [3.8, 4) is 17.5 Å². The van der Waals surface area contributed by atoms with E-state index in [-0.39, 0.29) is 18.6 Å². The fraction of sp³-hybridized carbons (Fsp3) is 0.357. The van der Waals surface area contributed by atoms with Gasteiger partial charge in [0.05, 0.1) is 5.02 Å². The molecule has 0 bridgehead atoms. The number of hydrogen-bond donors (Lipinski definition) is 0. The number of likely N-dealkylation sites (N-methyl/N-ethyl adjacent to an activating group) is 1. The van der Waals surface area contributed by atoms with Crippen LogP contribution in [-0.4, -0.2) is 40.6 Å². The van der Waals surface area contributed by atoms with E-state index in [1.807, 2.05) is 26.0 Å². The highest BCUT2D eigenvalue weighted by Gasteiger charge is 2.15. The monoisotopic (exact) mass is 309 g/mol. The summed E-state index contributed by atoms with van der Waals surface area (Å²) < 4.78 is 10.2. The second-order valence-electron chi connectivity index (χ2n) is 4.22. The molecule has 0 radical (unpaired) electrons. The molecule has 6 nitrogen and oxygen atoms in total. The van der Waals surface area contributed by atoms with Crippen LogP contribution in [0.15, 0.2) is 28.8 Å². The second-order valence-corrected chi connectivity index (χ2v) is 4.63. The van der Waals surface area contributed by atoms with Crippen LogP contribution in [0.25, 0.3) is 11.4 Å². The van der Waals surface area contributed by atoms with Gasteiger partial charge in [-0.2, -0.15) is 4.98 Å². The Morgan fingerprint density at radius 1 is 1.33 bits per heavy atom. The van der Waals surface area contributed by atoms with E-state index in [1.165, 1.54) is 0 Å². The summed E-state index contributed by atoms with van der Waals surface area (Å²) in [5.74, 6) is 0.198. The second kappa shape index (κ2) is 7.08. The number of benzene rings is 1. The van der Waals surface area contributed by atoms with Gasteiger partial charge in [-0.15, -0.1) is 0 Å². The topological polar surface area (TPSA) is 68.5 Å². The van der Waals surface area contributed by atoms with Crippen molar-refractivity contribution in [3.63, 3.8) is 0 Å². The lowest BCUT2D eigenvalue weighted by Gasteiger charge is -2.17. The number of hydrogen-bond acceptors (Lipinski definition) is 5. The molecule has 7 heteroatoms. The highest BCUT2D eigenvalue weighted by molar-refractivity contribution is 6.33. The number of nitrogens with zero attached hydrogens (tertiary/aromatic N) is 3. The number of rotatable bonds is 6. The number of ether oxygens (including phenoxy) is 1. The average molecular weight is 310 g/mol. The number of carbonyl (C=O) groups excluding carboxylic acids is 1. The standard InChI is InChI=1S/C14H16ClN3O3/c1-3-18(4-2)12(19)9-20-14-16-13(17-21-14)10-7-5-6-8-11(10)15/h5-8H,3-4,9H2,1-2H3. The van der Waals surface area contributed by atoms with Crippen LogP contribution in [-0.2, 0) is 4.79 Å². The summed E-state index contributed by atoms with van der Waals surface area (Å²) in [6.07, 6.45) is -0.0505. The van der Waals surface area contributed by atoms with E-state index in [0.29, 0.717) is 29.5 Å². The van der Waals surface area contributed by atoms with Crippen molar-refractivity contribution >= 4 is 17.5 Å². The lowest BCUT2D eigenvalue weighted by atomic mass is 10.2. The summed E-state index contributed by atoms with van der Waals surface area (Å²) >= 11 is 6.05. The number of amides is 1. The highest BCUT2D eigenvalue weighted by Crippen LogP contribution is 2.26. The van der Waals surface area contributed by atoms with Gasteiger partial charge in [-0.05, 0) is 26.0 Å². The number of aromatic nitrogens is 2. The van der Waals surface area contributed by atoms with Crippen LogP contribution in [0.3, 0.4) is 0 Å². The van der Waals surface area contributed by atoms with Gasteiger partial charge in [0.2, 0.25) is 5.82 Å². The maximum Gasteiger partial charge on any atom is 0.418 e. The van der Waals surface area contributed by atoms with Gasteiger partial charge in [-0.1, -0.05) is 28.9 Å². The molecule has 0 fully saturated rings. The van der Waals surface area contributed by atoms with Crippen molar-refractivity contribution in [2.24, 2.45) is 0 Å². The third-order valence-corrected chi connectivity index (χ3v) is 3.29. The normalized spacial score (nSPS) is 10.4. The van der Waals surface area contributed by atoms with Crippen molar-refractivity contribution in [1.29, 1.82) is 0 Å². The molecule has 112 valence electrons. The first kappa shape index (κ1) is 15.3. The minimum atomic E-state index is -0.133. The summed E-state index contributed by atoms with van der Waals surface area (Å²) in [6, 6.07) is 7.14. The average Bonchev–Trinajstić information content (AvgIpc) is 2.95. The van der Waals surface area contributed by atoms with Crippen molar-refractivity contribution < 1.29 is 14.1 Å². The van der Waals surface area contributed by atoms with E-state index in [0.717, 1.165) is 0 Å². The maximum absolute atomic E-state index is 11.8. The summed E-state index contributed by atoms with van der Waals surface area (Å²) in [4.78, 5) is 17.5. The number of carbonyl (C=O) groups is 1. The Hall–Kier alpha value is -2.08. The molecule has 0 unspecified atom stereocenters. The fourth-order valence-corrected chi connectivity index (χ4v) is 2.03. The molecule has 0 atom stereocenters. The minimum Gasteiger partial charge on any atom is -0.439 e. The summed E-state index contributed by atoms with van der Waals surface area (Å²) in [6.45, 7) is 4.94. The van der Waals surface area contributed by atoms with E-state index in [4.69, 9.17) is 20.9 Å². The Morgan fingerprint density at radius 3 is 2.71 bits per heavy atom. The molecule has 1 amide bonds. The highest BCUT2D eigenvalue weighted by atomic mass is 35.5. The molecule has 0 aliphatic carbocycles. The molecular weight excluding hydrogens is 294 g/mol. The molecule has 21 heavy (non-hydrogen) atoms. The Bertz CT molecular complexity index is 611. The zero-order valence-corrected chi connectivity index (χ0v) is 12.6. The first-order valence-corrected chi connectivity index (χ1v) is 7.02. The van der Waals surface area contributed by atoms with E-state index in [9.17, 15) is 4.79 Å². The van der Waals surface area contributed by atoms with Crippen LogP contribution in [0.5, 0.6) is 6.08 Å². The minimum absolute atomic E-state index is 0.0505. The van der Waals surface area contributed by atoms with Gasteiger partial charge >= 0.3 is 6.08 Å². The molecule has 0 aliphatic rings. The smallest absolute Gasteiger partial charge is 0.418 e. The van der Waals surface area contributed by atoms with Crippen LogP contribution in [0.2, 0.25) is 5.02 Å². The zero-order chi connectivity index (χ0) is 15.2. The third-order valence-electron chi connectivity index (χ3n) is 2.96. The molecule has 0 N–H and O–H groups in total. The first-order chi connectivity index (χ1) is 10.2. The van der Waals surface area contributed by atoms with Crippen LogP contribution < -0.4 is 4.74 Å². The summed E-state index contributed by atoms with van der Waals surface area (Å²) in [5.41, 5.74) is 0.646. The molecule has 1 heterocycles. The van der Waals surface area contributed by atoms with E-state index in [2.05, 4.69) is 10.1 Å². The third kappa shape index (κ3) is 3.72. The van der Waals surface area contributed by atoms with Gasteiger partial charge in [-0.25, -0.2) is 0 Å². The van der Waals surface area contributed by atoms with Gasteiger partial charge in [0.1, 0.15) is 0 Å². The van der Waals surface area contributed by atoms with Gasteiger partial charge in [0.25, 0.3) is 5.91 Å². The molecule has 1 aromatic heterocycles. The van der Waals surface area contributed by atoms with Crippen LogP contribution in [0, 0.1) is 0 Å². The van der Waals surface area contributed by atoms with Gasteiger partial charge in [-0.3, -0.25) is 9.32 Å². The van der Waals surface area contributed by atoms with Gasteiger partial charge in [0.15, 0.2) is 6.61 Å². The molecule has 0 aliphatic heterocycles. The molecule has 0 saturated carbocycles. The van der Waals surface area contributed by atoms with E-state index < -0.39 is 0 Å². The Kier molecular flexibility index (Phi) is 5.16. The molecule has 2 aromatic rings. The van der Waals surface area contributed by atoms with E-state index in [1.54, 1.807) is 17.0 Å². The Morgan fingerprint density at radius 2 is 2.05 bits per heavy atom. The van der Waals surface area contributed by atoms with Crippen molar-refractivity contribution in [3.05, 3.63) is 29.3 Å². The summed E-state index contributed by atoms with van der Waals surface area (Å²) in [7, 11) is 0. The van der Waals surface area contributed by atoms with Crippen molar-refractivity contribution in [2.45, 2.75) is 13.8 Å². The zero-order valence-electron chi connectivity index (χ0n) is 11.9. The predicted octanol–water partition coefficient (Wildman–Crippen LogP) is 2.64. The van der Waals surface area contributed by atoms with Crippen molar-refractivity contribution in [2.75, 3.05) is 19.7 Å². The SMILES string of the molecule is CCN(CC)C(=O)COc1nc(-c2ccccc2Cl)no1. The van der Waals surface area contributed by atoms with Crippen molar-refractivity contribution in [1.82, 2.24) is 15.0 Å². The fourth-order valence-electron chi connectivity index (χ4n) is 1.81. The molecule has 1 aromatic carbocycles. The molecule has 2 rings (SSSR count). The first-order valence-electron chi connectivity index (χ1n) is 6.64.